The van der Waals surface area contributed by atoms with E-state index in [1.165, 1.54) is 5.56 Å². The molecule has 0 saturated heterocycles. The largest absolute Gasteiger partial charge is 0.345 e. The zero-order valence-electron chi connectivity index (χ0n) is 10.7. The van der Waals surface area contributed by atoms with E-state index in [0.29, 0.717) is 6.54 Å². The number of nitrogens with one attached hydrogen (secondary N) is 1. The number of hydrogen-bond acceptors (Lipinski definition) is 3. The lowest BCUT2D eigenvalue weighted by atomic mass is 10.1. The number of imidazole rings is 1. The van der Waals surface area contributed by atoms with Crippen molar-refractivity contribution in [1.82, 2.24) is 14.9 Å². The fourth-order valence-electron chi connectivity index (χ4n) is 1.89. The van der Waals surface area contributed by atoms with Crippen LogP contribution in [0.2, 0.25) is 0 Å². The number of rotatable bonds is 4. The molecule has 0 saturated carbocycles. The highest BCUT2D eigenvalue weighted by atomic mass is 16.2. The van der Waals surface area contributed by atoms with Crippen molar-refractivity contribution in [2.75, 3.05) is 13.6 Å². The van der Waals surface area contributed by atoms with Crippen LogP contribution in [-0.2, 0) is 11.2 Å². The molecule has 2 aromatic rings. The Bertz CT molecular complexity index is 547. The monoisotopic (exact) mass is 246 g/mol. The fraction of sp³-hybridized carbons (Fsp3) is 0.385. The minimum absolute atomic E-state index is 0.0300. The zero-order valence-corrected chi connectivity index (χ0v) is 10.7. The third-order valence-corrected chi connectivity index (χ3v) is 2.99. The lowest BCUT2D eigenvalue weighted by molar-refractivity contribution is -0.130. The summed E-state index contributed by atoms with van der Waals surface area (Å²) in [5.41, 5.74) is 8.72. The lowest BCUT2D eigenvalue weighted by Gasteiger charge is -2.19. The van der Waals surface area contributed by atoms with Crippen molar-refractivity contribution >= 4 is 16.9 Å². The van der Waals surface area contributed by atoms with E-state index in [1.807, 2.05) is 12.1 Å². The van der Waals surface area contributed by atoms with E-state index in [0.717, 1.165) is 17.5 Å². The molecule has 0 aliphatic rings. The van der Waals surface area contributed by atoms with E-state index in [1.54, 1.807) is 25.2 Å². The van der Waals surface area contributed by atoms with Crippen LogP contribution < -0.4 is 5.73 Å². The third kappa shape index (κ3) is 2.68. The predicted molar refractivity (Wildman–Crippen MR) is 71.1 cm³/mol. The molecule has 0 aliphatic carbocycles. The molecule has 0 bridgehead atoms. The molecule has 1 atom stereocenters. The molecule has 0 aliphatic heterocycles. The second-order valence-electron chi connectivity index (χ2n) is 4.55. The van der Waals surface area contributed by atoms with E-state index in [9.17, 15) is 4.79 Å². The maximum absolute atomic E-state index is 11.6. The summed E-state index contributed by atoms with van der Waals surface area (Å²) in [7, 11) is 1.78. The Morgan fingerprint density at radius 2 is 2.33 bits per heavy atom. The summed E-state index contributed by atoms with van der Waals surface area (Å²) in [6.07, 6.45) is 2.49. The average Bonchev–Trinajstić information content (AvgIpc) is 2.82. The maximum atomic E-state index is 11.6. The van der Waals surface area contributed by atoms with Crippen LogP contribution in [0.4, 0.5) is 0 Å². The number of aromatic nitrogens is 2. The first kappa shape index (κ1) is 12.6. The summed E-state index contributed by atoms with van der Waals surface area (Å²) >= 11 is 0. The number of nitrogens with zero attached hydrogens (tertiary/aromatic N) is 2. The van der Waals surface area contributed by atoms with Gasteiger partial charge in [0, 0.05) is 13.6 Å². The Hall–Kier alpha value is -1.88. The van der Waals surface area contributed by atoms with E-state index < -0.39 is 6.04 Å². The molecule has 5 nitrogen and oxygen atoms in total. The van der Waals surface area contributed by atoms with Crippen molar-refractivity contribution in [2.45, 2.75) is 19.4 Å². The molecule has 1 aromatic carbocycles. The summed E-state index contributed by atoms with van der Waals surface area (Å²) in [5, 5.41) is 0. The number of amides is 1. The minimum atomic E-state index is -0.440. The van der Waals surface area contributed by atoms with Gasteiger partial charge in [-0.2, -0.15) is 0 Å². The molecule has 1 heterocycles. The van der Waals surface area contributed by atoms with Gasteiger partial charge in [0.05, 0.1) is 23.4 Å². The molecule has 3 N–H and O–H groups in total. The average molecular weight is 246 g/mol. The third-order valence-electron chi connectivity index (χ3n) is 2.99. The molecule has 96 valence electrons. The van der Waals surface area contributed by atoms with Gasteiger partial charge >= 0.3 is 0 Å². The Balaban J connectivity index is 1.99. The predicted octanol–water partition coefficient (Wildman–Crippen LogP) is 0.911. The summed E-state index contributed by atoms with van der Waals surface area (Å²) in [6.45, 7) is 2.37. The molecule has 2 rings (SSSR count). The maximum Gasteiger partial charge on any atom is 0.238 e. The first-order chi connectivity index (χ1) is 8.58. The van der Waals surface area contributed by atoms with Crippen LogP contribution in [0, 0.1) is 0 Å². The van der Waals surface area contributed by atoms with E-state index in [2.05, 4.69) is 16.0 Å². The van der Waals surface area contributed by atoms with Gasteiger partial charge in [-0.3, -0.25) is 4.79 Å². The van der Waals surface area contributed by atoms with Crippen LogP contribution in [-0.4, -0.2) is 40.4 Å². The van der Waals surface area contributed by atoms with Crippen molar-refractivity contribution < 1.29 is 4.79 Å². The molecule has 0 radical (unpaired) electrons. The van der Waals surface area contributed by atoms with Crippen LogP contribution in [0.3, 0.4) is 0 Å². The number of nitrogens with two attached hydrogens (primary N) is 1. The van der Waals surface area contributed by atoms with Crippen LogP contribution in [0.25, 0.3) is 11.0 Å². The second kappa shape index (κ2) is 5.18. The van der Waals surface area contributed by atoms with Crippen molar-refractivity contribution in [3.8, 4) is 0 Å². The molecule has 1 amide bonds. The number of H-pyrrole nitrogens is 1. The summed E-state index contributed by atoms with van der Waals surface area (Å²) < 4.78 is 0. The highest BCUT2D eigenvalue weighted by molar-refractivity contribution is 5.81. The molecule has 5 heteroatoms. The van der Waals surface area contributed by atoms with Gasteiger partial charge in [-0.25, -0.2) is 4.98 Å². The highest BCUT2D eigenvalue weighted by Crippen LogP contribution is 2.12. The Morgan fingerprint density at radius 3 is 3.06 bits per heavy atom. The lowest BCUT2D eigenvalue weighted by Crippen LogP contribution is -2.40. The van der Waals surface area contributed by atoms with E-state index >= 15 is 0 Å². The van der Waals surface area contributed by atoms with Crippen molar-refractivity contribution in [3.05, 3.63) is 30.1 Å². The normalized spacial score (nSPS) is 12.6. The Labute approximate surface area is 106 Å². The van der Waals surface area contributed by atoms with Gasteiger partial charge < -0.3 is 15.6 Å². The van der Waals surface area contributed by atoms with Gasteiger partial charge in [0.15, 0.2) is 0 Å². The minimum Gasteiger partial charge on any atom is -0.345 e. The van der Waals surface area contributed by atoms with Crippen molar-refractivity contribution in [3.63, 3.8) is 0 Å². The van der Waals surface area contributed by atoms with Gasteiger partial charge in [-0.15, -0.1) is 0 Å². The van der Waals surface area contributed by atoms with Gasteiger partial charge in [0.25, 0.3) is 0 Å². The van der Waals surface area contributed by atoms with E-state index in [4.69, 9.17) is 5.73 Å². The zero-order chi connectivity index (χ0) is 13.1. The smallest absolute Gasteiger partial charge is 0.238 e. The van der Waals surface area contributed by atoms with Crippen LogP contribution >= 0.6 is 0 Å². The van der Waals surface area contributed by atoms with Gasteiger partial charge in [-0.1, -0.05) is 6.07 Å². The molecule has 18 heavy (non-hydrogen) atoms. The number of likely N-dealkylation sites (N-methyl/N-ethyl adjacent to an activating group) is 1. The Morgan fingerprint density at radius 1 is 1.56 bits per heavy atom. The molecule has 1 unspecified atom stereocenters. The van der Waals surface area contributed by atoms with Crippen LogP contribution in [0.5, 0.6) is 0 Å². The number of benzene rings is 1. The summed E-state index contributed by atoms with van der Waals surface area (Å²) in [4.78, 5) is 20.5. The molecular weight excluding hydrogens is 228 g/mol. The SMILES string of the molecule is CC(N)C(=O)N(C)CCc1ccc2nc[nH]c2c1. The molecule has 0 spiro atoms. The van der Waals surface area contributed by atoms with Crippen molar-refractivity contribution in [1.29, 1.82) is 0 Å². The number of carbonyl (C=O) groups excluding carboxylic acids is 1. The fourth-order valence-corrected chi connectivity index (χ4v) is 1.89. The number of fused-ring (bicyclic) bond motifs is 1. The van der Waals surface area contributed by atoms with Gasteiger partial charge in [0.2, 0.25) is 5.91 Å². The topological polar surface area (TPSA) is 75.0 Å². The van der Waals surface area contributed by atoms with E-state index in [-0.39, 0.29) is 5.91 Å². The standard InChI is InChI=1S/C13H18N4O/c1-9(14)13(18)17(2)6-5-10-3-4-11-12(7-10)16-8-15-11/h3-4,7-9H,5-6,14H2,1-2H3,(H,15,16). The van der Waals surface area contributed by atoms with Crippen LogP contribution in [0.1, 0.15) is 12.5 Å². The Kier molecular flexibility index (Phi) is 3.62. The summed E-state index contributed by atoms with van der Waals surface area (Å²) in [6, 6.07) is 5.64. The molecule has 1 aromatic heterocycles. The number of aromatic amines is 1. The first-order valence-corrected chi connectivity index (χ1v) is 6.00. The van der Waals surface area contributed by atoms with Gasteiger partial charge in [0.1, 0.15) is 0 Å². The quantitative estimate of drug-likeness (QED) is 0.842. The molecular formula is C13H18N4O. The highest BCUT2D eigenvalue weighted by Gasteiger charge is 2.12. The van der Waals surface area contributed by atoms with Gasteiger partial charge in [-0.05, 0) is 31.0 Å². The number of hydrogen-bond donors (Lipinski definition) is 2. The second-order valence-corrected chi connectivity index (χ2v) is 4.55. The van der Waals surface area contributed by atoms with Crippen molar-refractivity contribution in [2.24, 2.45) is 5.73 Å². The van der Waals surface area contributed by atoms with Crippen LogP contribution in [0.15, 0.2) is 24.5 Å². The number of carbonyl (C=O) groups is 1. The summed E-state index contributed by atoms with van der Waals surface area (Å²) in [5.74, 6) is -0.0300. The first-order valence-electron chi connectivity index (χ1n) is 6.00. The molecule has 0 fully saturated rings.